The predicted octanol–water partition coefficient (Wildman–Crippen LogP) is 3.54. The summed E-state index contributed by atoms with van der Waals surface area (Å²) in [6.07, 6.45) is 3.28. The third-order valence-corrected chi connectivity index (χ3v) is 10.5. The second kappa shape index (κ2) is 12.8. The standard InChI is InChI=1S/C27H31F2N5O5S2/c28-20-2-1-3-21(29)23(20)24(35)25-26(30)33-27(40-25)32-17-4-6-18(7-5-17)41(36,37)19-8-9-22(31-16-19)39-15-12-34-10-13-38-14-11-34/h1-3,8-9,16-18H,4-7,10-15,30H2,(H,32,33). The van der Waals surface area contributed by atoms with Gasteiger partial charge in [-0.05, 0) is 43.9 Å². The minimum absolute atomic E-state index is 0.0613. The fourth-order valence-electron chi connectivity index (χ4n) is 4.99. The summed E-state index contributed by atoms with van der Waals surface area (Å²) in [5.74, 6) is -2.57. The van der Waals surface area contributed by atoms with E-state index < -0.39 is 38.1 Å². The Morgan fingerprint density at radius 3 is 2.49 bits per heavy atom. The second-order valence-electron chi connectivity index (χ2n) is 9.96. The summed E-state index contributed by atoms with van der Waals surface area (Å²) in [6, 6.07) is 6.21. The number of nitrogens with one attached hydrogen (secondary N) is 1. The first-order chi connectivity index (χ1) is 19.7. The number of aromatic nitrogens is 2. The number of nitrogens with two attached hydrogens (primary N) is 1. The lowest BCUT2D eigenvalue weighted by Gasteiger charge is -2.28. The minimum Gasteiger partial charge on any atom is -0.476 e. The lowest BCUT2D eigenvalue weighted by molar-refractivity contribution is 0.0320. The van der Waals surface area contributed by atoms with Gasteiger partial charge in [-0.1, -0.05) is 17.4 Å². The van der Waals surface area contributed by atoms with E-state index in [0.29, 0.717) is 56.5 Å². The summed E-state index contributed by atoms with van der Waals surface area (Å²) in [7, 11) is -3.58. The average Bonchev–Trinajstić information content (AvgIpc) is 3.33. The van der Waals surface area contributed by atoms with Crippen LogP contribution >= 0.6 is 11.3 Å². The molecule has 3 N–H and O–H groups in total. The van der Waals surface area contributed by atoms with Gasteiger partial charge in [0.1, 0.15) is 28.9 Å². The Kier molecular flexibility index (Phi) is 9.12. The van der Waals surface area contributed by atoms with Crippen molar-refractivity contribution in [1.29, 1.82) is 0 Å². The van der Waals surface area contributed by atoms with Crippen LogP contribution in [0, 0.1) is 11.6 Å². The Balaban J connectivity index is 1.13. The third kappa shape index (κ3) is 6.83. The Morgan fingerprint density at radius 1 is 1.12 bits per heavy atom. The van der Waals surface area contributed by atoms with Crippen LogP contribution in [0.1, 0.15) is 40.9 Å². The van der Waals surface area contributed by atoms with E-state index in [-0.39, 0.29) is 21.6 Å². The minimum atomic E-state index is -3.58. The summed E-state index contributed by atoms with van der Waals surface area (Å²) >= 11 is 0.915. The highest BCUT2D eigenvalue weighted by Gasteiger charge is 2.33. The fourth-order valence-corrected chi connectivity index (χ4v) is 7.64. The molecule has 41 heavy (non-hydrogen) atoms. The third-order valence-electron chi connectivity index (χ3n) is 7.29. The molecule has 1 saturated heterocycles. The fraction of sp³-hybridized carbons (Fsp3) is 0.444. The van der Waals surface area contributed by atoms with E-state index in [2.05, 4.69) is 20.2 Å². The Bertz CT molecular complexity index is 1450. The van der Waals surface area contributed by atoms with Gasteiger partial charge in [-0.2, -0.15) is 0 Å². The van der Waals surface area contributed by atoms with Crippen LogP contribution in [0.3, 0.4) is 0 Å². The van der Waals surface area contributed by atoms with Crippen molar-refractivity contribution in [2.24, 2.45) is 0 Å². The highest BCUT2D eigenvalue weighted by molar-refractivity contribution is 7.92. The SMILES string of the molecule is Nc1nc(NC2CCC(S(=O)(=O)c3ccc(OCCN4CCOCC4)nc3)CC2)sc1C(=O)c1c(F)cccc1F. The molecule has 3 heterocycles. The molecule has 0 bridgehead atoms. The van der Waals surface area contributed by atoms with Crippen molar-refractivity contribution < 1.29 is 31.5 Å². The molecule has 0 spiro atoms. The van der Waals surface area contributed by atoms with Crippen LogP contribution in [0.5, 0.6) is 5.88 Å². The number of nitrogens with zero attached hydrogens (tertiary/aromatic N) is 3. The van der Waals surface area contributed by atoms with Gasteiger partial charge in [0.25, 0.3) is 0 Å². The molecule has 0 amide bonds. The summed E-state index contributed by atoms with van der Waals surface area (Å²) in [6.45, 7) is 4.35. The molecule has 220 valence electrons. The van der Waals surface area contributed by atoms with Gasteiger partial charge < -0.3 is 20.5 Å². The Hall–Kier alpha value is -3.20. The molecule has 14 heteroatoms. The number of halogens is 2. The molecule has 2 fully saturated rings. The zero-order chi connectivity index (χ0) is 29.0. The lowest BCUT2D eigenvalue weighted by atomic mass is 9.95. The van der Waals surface area contributed by atoms with Crippen molar-refractivity contribution in [1.82, 2.24) is 14.9 Å². The van der Waals surface area contributed by atoms with Crippen molar-refractivity contribution in [2.75, 3.05) is 50.5 Å². The van der Waals surface area contributed by atoms with E-state index in [1.807, 2.05) is 0 Å². The Morgan fingerprint density at radius 2 is 1.83 bits per heavy atom. The number of pyridine rings is 1. The number of ketones is 1. The van der Waals surface area contributed by atoms with Crippen molar-refractivity contribution in [3.63, 3.8) is 0 Å². The molecule has 0 unspecified atom stereocenters. The molecular formula is C27H31F2N5O5S2. The number of carbonyl (C=O) groups is 1. The van der Waals surface area contributed by atoms with Gasteiger partial charge in [0.15, 0.2) is 15.0 Å². The van der Waals surface area contributed by atoms with Gasteiger partial charge in [-0.3, -0.25) is 9.69 Å². The molecule has 2 aliphatic rings. The van der Waals surface area contributed by atoms with Gasteiger partial charge in [0.05, 0.1) is 28.9 Å². The Labute approximate surface area is 240 Å². The first-order valence-electron chi connectivity index (χ1n) is 13.4. The highest BCUT2D eigenvalue weighted by atomic mass is 32.2. The van der Waals surface area contributed by atoms with Crippen molar-refractivity contribution in [3.05, 3.63) is 58.6 Å². The number of thiazole rings is 1. The van der Waals surface area contributed by atoms with E-state index in [9.17, 15) is 22.0 Å². The summed E-state index contributed by atoms with van der Waals surface area (Å²) < 4.78 is 65.7. The van der Waals surface area contributed by atoms with Crippen molar-refractivity contribution in [3.8, 4) is 5.88 Å². The van der Waals surface area contributed by atoms with Gasteiger partial charge in [-0.25, -0.2) is 27.2 Å². The molecule has 3 aromatic rings. The number of sulfone groups is 1. The van der Waals surface area contributed by atoms with Crippen LogP contribution in [0.15, 0.2) is 41.4 Å². The van der Waals surface area contributed by atoms with E-state index in [1.165, 1.54) is 18.3 Å². The molecule has 2 aromatic heterocycles. The maximum absolute atomic E-state index is 14.1. The van der Waals surface area contributed by atoms with E-state index >= 15 is 0 Å². The first-order valence-corrected chi connectivity index (χ1v) is 15.7. The van der Waals surface area contributed by atoms with Gasteiger partial charge in [0.2, 0.25) is 11.7 Å². The molecule has 5 rings (SSSR count). The summed E-state index contributed by atoms with van der Waals surface area (Å²) in [4.78, 5) is 23.4. The molecule has 0 radical (unpaired) electrons. The zero-order valence-electron chi connectivity index (χ0n) is 22.2. The normalized spacial score (nSPS) is 20.0. The van der Waals surface area contributed by atoms with Crippen LogP contribution in [0.4, 0.5) is 19.7 Å². The number of carbonyl (C=O) groups excluding carboxylic acids is 1. The van der Waals surface area contributed by atoms with Crippen LogP contribution in [-0.2, 0) is 14.6 Å². The van der Waals surface area contributed by atoms with Crippen LogP contribution in [-0.4, -0.2) is 79.8 Å². The molecule has 1 aliphatic carbocycles. The number of benzene rings is 1. The van der Waals surface area contributed by atoms with Gasteiger partial charge >= 0.3 is 0 Å². The largest absolute Gasteiger partial charge is 0.476 e. The van der Waals surface area contributed by atoms with Crippen molar-refractivity contribution >= 4 is 37.9 Å². The molecule has 1 aromatic carbocycles. The summed E-state index contributed by atoms with van der Waals surface area (Å²) in [5, 5.41) is 2.97. The molecular weight excluding hydrogens is 576 g/mol. The number of hydrogen-bond donors (Lipinski definition) is 2. The van der Waals surface area contributed by atoms with Gasteiger partial charge in [-0.15, -0.1) is 0 Å². The first kappa shape index (κ1) is 29.3. The van der Waals surface area contributed by atoms with Crippen LogP contribution in [0.25, 0.3) is 0 Å². The number of anilines is 2. The molecule has 0 atom stereocenters. The number of morpholine rings is 1. The lowest BCUT2D eigenvalue weighted by Crippen LogP contribution is -2.38. The number of nitrogen functional groups attached to an aromatic ring is 1. The van der Waals surface area contributed by atoms with E-state index in [0.717, 1.165) is 43.1 Å². The number of rotatable bonds is 10. The van der Waals surface area contributed by atoms with Crippen LogP contribution < -0.4 is 15.8 Å². The smallest absolute Gasteiger partial charge is 0.213 e. The van der Waals surface area contributed by atoms with E-state index in [4.69, 9.17) is 15.2 Å². The molecule has 10 nitrogen and oxygen atoms in total. The van der Waals surface area contributed by atoms with E-state index in [1.54, 1.807) is 6.07 Å². The second-order valence-corrected chi connectivity index (χ2v) is 13.2. The average molecular weight is 608 g/mol. The predicted molar refractivity (Wildman–Crippen MR) is 150 cm³/mol. The van der Waals surface area contributed by atoms with Crippen LogP contribution in [0.2, 0.25) is 0 Å². The van der Waals surface area contributed by atoms with Crippen molar-refractivity contribution in [2.45, 2.75) is 41.9 Å². The zero-order valence-corrected chi connectivity index (χ0v) is 23.9. The van der Waals surface area contributed by atoms with Gasteiger partial charge in [0, 0.05) is 37.9 Å². The number of hydrogen-bond acceptors (Lipinski definition) is 11. The summed E-state index contributed by atoms with van der Waals surface area (Å²) in [5.41, 5.74) is 5.21. The monoisotopic (exact) mass is 607 g/mol. The number of ether oxygens (including phenoxy) is 2. The topological polar surface area (TPSA) is 137 Å². The maximum Gasteiger partial charge on any atom is 0.213 e. The quantitative estimate of drug-likeness (QED) is 0.329. The highest BCUT2D eigenvalue weighted by Crippen LogP contribution is 2.33. The molecule has 1 aliphatic heterocycles. The maximum atomic E-state index is 14.1. The molecule has 1 saturated carbocycles.